The lowest BCUT2D eigenvalue weighted by Gasteiger charge is -2.19. The molecule has 6 heteroatoms. The van der Waals surface area contributed by atoms with Crippen molar-refractivity contribution in [2.24, 2.45) is 0 Å². The zero-order valence-corrected chi connectivity index (χ0v) is 15.6. The molecular formula is C13H22Cl6. The van der Waals surface area contributed by atoms with Crippen LogP contribution >= 0.6 is 69.6 Å². The van der Waals surface area contributed by atoms with Crippen LogP contribution in [0.4, 0.5) is 0 Å². The van der Waals surface area contributed by atoms with Crippen LogP contribution in [0.5, 0.6) is 0 Å². The zero-order chi connectivity index (χ0) is 14.8. The van der Waals surface area contributed by atoms with Gasteiger partial charge >= 0.3 is 0 Å². The van der Waals surface area contributed by atoms with Gasteiger partial charge in [-0.3, -0.25) is 0 Å². The molecule has 5 unspecified atom stereocenters. The summed E-state index contributed by atoms with van der Waals surface area (Å²) in [6, 6.07) is 0. The highest BCUT2D eigenvalue weighted by molar-refractivity contribution is 6.31. The van der Waals surface area contributed by atoms with E-state index in [0.29, 0.717) is 5.88 Å². The van der Waals surface area contributed by atoms with Gasteiger partial charge in [0.15, 0.2) is 0 Å². The van der Waals surface area contributed by atoms with Crippen molar-refractivity contribution >= 4 is 69.6 Å². The predicted molar refractivity (Wildman–Crippen MR) is 92.3 cm³/mol. The van der Waals surface area contributed by atoms with Crippen LogP contribution in [0.1, 0.15) is 45.4 Å². The number of halogens is 6. The minimum absolute atomic E-state index is 0.0000336. The monoisotopic (exact) mass is 388 g/mol. The van der Waals surface area contributed by atoms with Crippen LogP contribution in [-0.4, -0.2) is 32.8 Å². The largest absolute Gasteiger partial charge is 0.125 e. The molecule has 0 aromatic heterocycles. The predicted octanol–water partition coefficient (Wildman–Crippen LogP) is 6.62. The smallest absolute Gasteiger partial charge is 0.0500 e. The molecule has 0 saturated heterocycles. The van der Waals surface area contributed by atoms with E-state index in [1.54, 1.807) is 0 Å². The van der Waals surface area contributed by atoms with Crippen LogP contribution in [-0.2, 0) is 0 Å². The summed E-state index contributed by atoms with van der Waals surface area (Å²) in [6.07, 6.45) is 5.10. The summed E-state index contributed by atoms with van der Waals surface area (Å²) in [5.41, 5.74) is 0. The molecule has 0 aromatic rings. The molecule has 5 atom stereocenters. The first-order valence-corrected chi connectivity index (χ1v) is 9.40. The maximum Gasteiger partial charge on any atom is 0.0500 e. The third-order valence-corrected chi connectivity index (χ3v) is 6.40. The van der Waals surface area contributed by atoms with Crippen LogP contribution in [0.15, 0.2) is 0 Å². The molecular weight excluding hydrogens is 369 g/mol. The van der Waals surface area contributed by atoms with Crippen LogP contribution < -0.4 is 0 Å². The molecule has 0 bridgehead atoms. The minimum Gasteiger partial charge on any atom is -0.125 e. The topological polar surface area (TPSA) is 0 Å². The molecule has 0 nitrogen and oxygen atoms in total. The van der Waals surface area contributed by atoms with Gasteiger partial charge in [0, 0.05) is 32.8 Å². The Bertz CT molecular complexity index is 213. The van der Waals surface area contributed by atoms with Crippen molar-refractivity contribution in [2.45, 2.75) is 72.3 Å². The average Bonchev–Trinajstić information content (AvgIpc) is 2.42. The van der Waals surface area contributed by atoms with E-state index >= 15 is 0 Å². The summed E-state index contributed by atoms with van der Waals surface area (Å²) in [6.45, 7) is 2.02. The second-order valence-electron chi connectivity index (χ2n) is 4.73. The third-order valence-electron chi connectivity index (χ3n) is 3.06. The summed E-state index contributed by atoms with van der Waals surface area (Å²) in [5.74, 6) is 0.473. The molecule has 0 fully saturated rings. The van der Waals surface area contributed by atoms with E-state index < -0.39 is 0 Å². The lowest BCUT2D eigenvalue weighted by molar-refractivity contribution is 0.572. The maximum atomic E-state index is 6.28. The normalized spacial score (nSPS) is 19.7. The first-order valence-electron chi connectivity index (χ1n) is 6.68. The highest BCUT2D eigenvalue weighted by Crippen LogP contribution is 2.26. The van der Waals surface area contributed by atoms with E-state index in [4.69, 9.17) is 69.6 Å². The molecule has 0 spiro atoms. The molecule has 0 N–H and O–H groups in total. The van der Waals surface area contributed by atoms with Gasteiger partial charge in [-0.1, -0.05) is 13.3 Å². The summed E-state index contributed by atoms with van der Waals surface area (Å²) in [7, 11) is 0. The van der Waals surface area contributed by atoms with Gasteiger partial charge in [0.2, 0.25) is 0 Å². The van der Waals surface area contributed by atoms with Crippen molar-refractivity contribution in [3.05, 3.63) is 0 Å². The van der Waals surface area contributed by atoms with Crippen molar-refractivity contribution in [2.75, 3.05) is 5.88 Å². The van der Waals surface area contributed by atoms with Gasteiger partial charge in [0.1, 0.15) is 0 Å². The van der Waals surface area contributed by atoms with Gasteiger partial charge < -0.3 is 0 Å². The Morgan fingerprint density at radius 2 is 1.16 bits per heavy atom. The molecule has 116 valence electrons. The summed E-state index contributed by atoms with van der Waals surface area (Å²) in [5, 5.41) is -0.151. The lowest BCUT2D eigenvalue weighted by Crippen LogP contribution is -2.20. The Labute approximate surface area is 147 Å². The molecule has 0 aromatic carbocycles. The number of alkyl halides is 6. The van der Waals surface area contributed by atoms with Crippen LogP contribution in [0.3, 0.4) is 0 Å². The van der Waals surface area contributed by atoms with Gasteiger partial charge in [-0.15, -0.1) is 69.6 Å². The number of hydrogen-bond acceptors (Lipinski definition) is 0. The molecule has 0 rings (SSSR count). The SMILES string of the molecule is CCC(Cl)C(Cl)CCC(Cl)C(Cl)CCCC(Cl)CCl. The van der Waals surface area contributed by atoms with E-state index in [1.807, 2.05) is 6.92 Å². The molecule has 0 saturated carbocycles. The van der Waals surface area contributed by atoms with Crippen molar-refractivity contribution in [3.63, 3.8) is 0 Å². The highest BCUT2D eigenvalue weighted by Gasteiger charge is 2.21. The molecule has 0 radical (unpaired) electrons. The first-order chi connectivity index (χ1) is 8.92. The molecule has 0 aliphatic carbocycles. The lowest BCUT2D eigenvalue weighted by atomic mass is 10.0. The van der Waals surface area contributed by atoms with E-state index in [1.165, 1.54) is 0 Å². The van der Waals surface area contributed by atoms with Gasteiger partial charge in [0.05, 0.1) is 0 Å². The summed E-state index contributed by atoms with van der Waals surface area (Å²) >= 11 is 36.4. The van der Waals surface area contributed by atoms with Crippen molar-refractivity contribution < 1.29 is 0 Å². The van der Waals surface area contributed by atoms with E-state index in [-0.39, 0.29) is 26.9 Å². The fraction of sp³-hybridized carbons (Fsp3) is 1.00. The fourth-order valence-electron chi connectivity index (χ4n) is 1.73. The van der Waals surface area contributed by atoms with Gasteiger partial charge in [-0.25, -0.2) is 0 Å². The van der Waals surface area contributed by atoms with Crippen LogP contribution in [0.2, 0.25) is 0 Å². The minimum atomic E-state index is -0.0755. The molecule has 0 heterocycles. The maximum absolute atomic E-state index is 6.28. The Morgan fingerprint density at radius 1 is 0.684 bits per heavy atom. The zero-order valence-electron chi connectivity index (χ0n) is 11.1. The molecule has 0 aliphatic rings. The molecule has 0 aliphatic heterocycles. The summed E-state index contributed by atoms with van der Waals surface area (Å²) < 4.78 is 0. The van der Waals surface area contributed by atoms with E-state index in [9.17, 15) is 0 Å². The Hall–Kier alpha value is 1.74. The highest BCUT2D eigenvalue weighted by atomic mass is 35.5. The summed E-state index contributed by atoms with van der Waals surface area (Å²) in [4.78, 5) is 0. The average molecular weight is 391 g/mol. The van der Waals surface area contributed by atoms with Crippen LogP contribution in [0, 0.1) is 0 Å². The quantitative estimate of drug-likeness (QED) is 0.347. The Kier molecular flexibility index (Phi) is 13.4. The van der Waals surface area contributed by atoms with Gasteiger partial charge in [0.25, 0.3) is 0 Å². The Morgan fingerprint density at radius 3 is 1.63 bits per heavy atom. The second-order valence-corrected chi connectivity index (χ2v) is 7.90. The number of hydrogen-bond donors (Lipinski definition) is 0. The van der Waals surface area contributed by atoms with Gasteiger partial charge in [-0.05, 0) is 32.1 Å². The third kappa shape index (κ3) is 10.1. The number of rotatable bonds is 11. The standard InChI is InChI=1S/C13H22Cl6/c1-2-10(16)12(18)6-7-13(19)11(17)5-3-4-9(15)8-14/h9-13H,2-8H2,1H3. The van der Waals surface area contributed by atoms with E-state index in [0.717, 1.165) is 38.5 Å². The van der Waals surface area contributed by atoms with Crippen LogP contribution in [0.25, 0.3) is 0 Å². The fourth-order valence-corrected chi connectivity index (χ4v) is 3.00. The van der Waals surface area contributed by atoms with Crippen molar-refractivity contribution in [3.8, 4) is 0 Å². The van der Waals surface area contributed by atoms with Gasteiger partial charge in [-0.2, -0.15) is 0 Å². The molecule has 19 heavy (non-hydrogen) atoms. The van der Waals surface area contributed by atoms with Crippen molar-refractivity contribution in [1.82, 2.24) is 0 Å². The second kappa shape index (κ2) is 12.3. The first kappa shape index (κ1) is 20.7. The van der Waals surface area contributed by atoms with Crippen molar-refractivity contribution in [1.29, 1.82) is 0 Å². The molecule has 0 amide bonds. The Balaban J connectivity index is 3.78. The van der Waals surface area contributed by atoms with E-state index in [2.05, 4.69) is 0 Å².